The predicted molar refractivity (Wildman–Crippen MR) is 211 cm³/mol. The molecule has 0 radical (unpaired) electrons. The van der Waals surface area contributed by atoms with Crippen LogP contribution in [0.4, 0.5) is 0 Å². The van der Waals surface area contributed by atoms with Crippen LogP contribution in [-0.4, -0.2) is 53.3 Å². The van der Waals surface area contributed by atoms with Gasteiger partial charge in [0, 0.05) is 12.8 Å². The Morgan fingerprint density at radius 1 is 0.673 bits per heavy atom. The molecule has 1 fully saturated rings. The first-order chi connectivity index (χ1) is 25.1. The molecule has 306 valence electrons. The average Bonchev–Trinajstić information content (AvgIpc) is 3.87. The number of carbonyl (C=O) groups is 2. The first-order valence-corrected chi connectivity index (χ1v) is 23.0. The smallest absolute Gasteiger partial charge is 0.462 e. The highest BCUT2D eigenvalue weighted by Crippen LogP contribution is 2.36. The Labute approximate surface area is 318 Å². The van der Waals surface area contributed by atoms with E-state index in [0.29, 0.717) is 25.0 Å². The lowest BCUT2D eigenvalue weighted by atomic mass is 9.99. The van der Waals surface area contributed by atoms with Crippen LogP contribution in [0.3, 0.4) is 0 Å². The van der Waals surface area contributed by atoms with E-state index in [1.807, 2.05) is 0 Å². The molecule has 0 amide bonds. The van der Waals surface area contributed by atoms with Crippen molar-refractivity contribution in [1.29, 1.82) is 0 Å². The van der Waals surface area contributed by atoms with Crippen molar-refractivity contribution in [3.8, 4) is 0 Å². The van der Waals surface area contributed by atoms with E-state index in [-0.39, 0.29) is 19.4 Å². The Kier molecular flexibility index (Phi) is 31.1. The third-order valence-corrected chi connectivity index (χ3v) is 10.7. The number of esters is 2. The number of allylic oxidation sites excluding steroid dienone is 1. The molecular weight excluding hydrogens is 679 g/mol. The van der Waals surface area contributed by atoms with Gasteiger partial charge in [0.25, 0.3) is 0 Å². The number of rotatable bonds is 38. The molecule has 0 aromatic rings. The maximum Gasteiger partial charge on any atom is 0.469 e. The maximum absolute atomic E-state index is 12.4. The first-order valence-electron chi connectivity index (χ1n) is 21.5. The minimum absolute atomic E-state index is 0.211. The highest BCUT2D eigenvalue weighted by atomic mass is 31.2. The van der Waals surface area contributed by atoms with Gasteiger partial charge >= 0.3 is 19.8 Å². The van der Waals surface area contributed by atoms with Gasteiger partial charge in [-0.2, -0.15) is 0 Å². The number of carbonyl (C=O) groups excluding carboxylic acids is 2. The van der Waals surface area contributed by atoms with Crippen molar-refractivity contribution in [2.24, 2.45) is 5.92 Å². The summed E-state index contributed by atoms with van der Waals surface area (Å²) in [6, 6.07) is 0. The molecule has 10 heteroatoms. The van der Waals surface area contributed by atoms with Gasteiger partial charge in [-0.3, -0.25) is 14.1 Å². The van der Waals surface area contributed by atoms with Crippen LogP contribution in [0.25, 0.3) is 0 Å². The van der Waals surface area contributed by atoms with Crippen LogP contribution in [0.5, 0.6) is 0 Å². The molecule has 2 N–H and O–H groups in total. The SMILES string of the molecule is CCCCCC1OC1C/C=C\CCCCCCCC(=O)OC[C@H](COP(=O)(O)O)OC(=O)CCCCCCCCCCCCCCCCC(C)CC. The van der Waals surface area contributed by atoms with Crippen molar-refractivity contribution in [3.05, 3.63) is 12.2 Å². The zero-order valence-electron chi connectivity index (χ0n) is 33.6. The second-order valence-electron chi connectivity index (χ2n) is 15.3. The number of epoxide rings is 1. The van der Waals surface area contributed by atoms with Crippen LogP contribution in [0, 0.1) is 5.92 Å². The third kappa shape index (κ3) is 32.2. The Hall–Kier alpha value is -1.25. The van der Waals surface area contributed by atoms with E-state index in [2.05, 4.69) is 37.4 Å². The largest absolute Gasteiger partial charge is 0.469 e. The Balaban J connectivity index is 2.04. The van der Waals surface area contributed by atoms with Gasteiger partial charge in [0.1, 0.15) is 6.61 Å². The molecule has 1 aliphatic heterocycles. The van der Waals surface area contributed by atoms with E-state index >= 15 is 0 Å². The van der Waals surface area contributed by atoms with Crippen molar-refractivity contribution in [1.82, 2.24) is 0 Å². The molecule has 1 saturated heterocycles. The van der Waals surface area contributed by atoms with Gasteiger partial charge in [-0.25, -0.2) is 4.57 Å². The Bertz CT molecular complexity index is 936. The lowest BCUT2D eigenvalue weighted by molar-refractivity contribution is -0.161. The summed E-state index contributed by atoms with van der Waals surface area (Å²) in [5, 5.41) is 0. The van der Waals surface area contributed by atoms with E-state index in [4.69, 9.17) is 24.0 Å². The molecule has 4 atom stereocenters. The summed E-state index contributed by atoms with van der Waals surface area (Å²) in [5.74, 6) is -0.0175. The number of hydrogen-bond donors (Lipinski definition) is 2. The summed E-state index contributed by atoms with van der Waals surface area (Å²) in [6.45, 7) is 6.03. The maximum atomic E-state index is 12.4. The van der Waals surface area contributed by atoms with E-state index in [1.165, 1.54) is 103 Å². The lowest BCUT2D eigenvalue weighted by Crippen LogP contribution is -2.29. The number of ether oxygens (including phenoxy) is 3. The van der Waals surface area contributed by atoms with Crippen LogP contribution < -0.4 is 0 Å². The number of unbranched alkanes of at least 4 members (excludes halogenated alkanes) is 20. The highest BCUT2D eigenvalue weighted by Gasteiger charge is 2.36. The normalized spacial score (nSPS) is 17.0. The molecule has 1 aliphatic rings. The molecule has 9 nitrogen and oxygen atoms in total. The standard InChI is InChI=1S/C42H79O9P/c1-4-6-25-31-39-40(51-39)32-27-22-18-15-16-19-23-28-33-41(43)48-35-38(36-49-52(45,46)47)50-42(44)34-29-24-20-14-12-10-8-7-9-11-13-17-21-26-30-37(3)5-2/h22,27,37-40H,4-21,23-26,28-36H2,1-3H3,(H2,45,46,47)/b27-22-/t37?,38-,39?,40?/m1/s1. The number of phosphoric ester groups is 1. The summed E-state index contributed by atoms with van der Waals surface area (Å²) in [6.07, 6.45) is 36.7. The molecule has 0 aliphatic carbocycles. The third-order valence-electron chi connectivity index (χ3n) is 10.2. The number of hydrogen-bond acceptors (Lipinski definition) is 7. The monoisotopic (exact) mass is 759 g/mol. The average molecular weight is 759 g/mol. The van der Waals surface area contributed by atoms with Crippen LogP contribution in [0.1, 0.15) is 207 Å². The molecule has 0 aromatic heterocycles. The van der Waals surface area contributed by atoms with Gasteiger partial charge in [-0.1, -0.05) is 168 Å². The molecule has 0 spiro atoms. The van der Waals surface area contributed by atoms with E-state index in [1.54, 1.807) is 0 Å². The molecule has 0 bridgehead atoms. The van der Waals surface area contributed by atoms with Crippen LogP contribution in [0.2, 0.25) is 0 Å². The minimum atomic E-state index is -4.76. The van der Waals surface area contributed by atoms with Gasteiger partial charge in [-0.05, 0) is 44.4 Å². The predicted octanol–water partition coefficient (Wildman–Crippen LogP) is 11.9. The van der Waals surface area contributed by atoms with E-state index in [9.17, 15) is 14.2 Å². The summed E-state index contributed by atoms with van der Waals surface area (Å²) >= 11 is 0. The van der Waals surface area contributed by atoms with E-state index in [0.717, 1.165) is 63.7 Å². The van der Waals surface area contributed by atoms with Crippen molar-refractivity contribution in [2.45, 2.75) is 225 Å². The fourth-order valence-electron chi connectivity index (χ4n) is 6.53. The van der Waals surface area contributed by atoms with Crippen LogP contribution in [-0.2, 0) is 32.9 Å². The highest BCUT2D eigenvalue weighted by molar-refractivity contribution is 7.46. The minimum Gasteiger partial charge on any atom is -0.462 e. The summed E-state index contributed by atoms with van der Waals surface area (Å²) in [7, 11) is -4.76. The molecule has 1 rings (SSSR count). The lowest BCUT2D eigenvalue weighted by Gasteiger charge is -2.18. The molecule has 52 heavy (non-hydrogen) atoms. The van der Waals surface area contributed by atoms with Gasteiger partial charge in [0.2, 0.25) is 0 Å². The zero-order valence-corrected chi connectivity index (χ0v) is 34.5. The number of phosphoric acid groups is 1. The molecule has 0 aromatic carbocycles. The summed E-state index contributed by atoms with van der Waals surface area (Å²) in [4.78, 5) is 42.9. The fraction of sp³-hybridized carbons (Fsp3) is 0.905. The van der Waals surface area contributed by atoms with Crippen LogP contribution in [0.15, 0.2) is 12.2 Å². The first kappa shape index (κ1) is 48.8. The zero-order chi connectivity index (χ0) is 38.1. The van der Waals surface area contributed by atoms with Crippen molar-refractivity contribution in [2.75, 3.05) is 13.2 Å². The fourth-order valence-corrected chi connectivity index (χ4v) is 6.89. The quantitative estimate of drug-likeness (QED) is 0.0207. The summed E-state index contributed by atoms with van der Waals surface area (Å²) < 4.78 is 32.1. The van der Waals surface area contributed by atoms with Crippen molar-refractivity contribution < 1.29 is 42.7 Å². The van der Waals surface area contributed by atoms with Crippen molar-refractivity contribution >= 4 is 19.8 Å². The summed E-state index contributed by atoms with van der Waals surface area (Å²) in [5.41, 5.74) is 0. The van der Waals surface area contributed by atoms with Gasteiger partial charge in [0.05, 0.1) is 18.8 Å². The Morgan fingerprint density at radius 3 is 1.77 bits per heavy atom. The Morgan fingerprint density at radius 2 is 1.21 bits per heavy atom. The molecule has 0 saturated carbocycles. The molecule has 1 heterocycles. The van der Waals surface area contributed by atoms with Gasteiger partial charge < -0.3 is 24.0 Å². The second-order valence-corrected chi connectivity index (χ2v) is 16.5. The van der Waals surface area contributed by atoms with Crippen LogP contribution >= 0.6 is 7.82 Å². The van der Waals surface area contributed by atoms with Crippen molar-refractivity contribution in [3.63, 3.8) is 0 Å². The topological polar surface area (TPSA) is 132 Å². The molecular formula is C42H79O9P. The van der Waals surface area contributed by atoms with Gasteiger partial charge in [-0.15, -0.1) is 0 Å². The molecule has 3 unspecified atom stereocenters. The van der Waals surface area contributed by atoms with E-state index < -0.39 is 32.5 Å². The second kappa shape index (κ2) is 33.1. The van der Waals surface area contributed by atoms with Gasteiger partial charge in [0.15, 0.2) is 6.10 Å².